The largest absolute Gasteiger partial charge is 0.507 e. The highest BCUT2D eigenvalue weighted by atomic mass is 31.2. The molecule has 0 radical (unpaired) electrons. The standard InChI is InChI=1S/C14H7O7P/c15-8-4-2-1-3-6(8)13(17)20-21-14(18)7-5-9-11-12(10(7)16)22(9,11)19/h1-5,15-16H. The summed E-state index contributed by atoms with van der Waals surface area (Å²) in [5, 5.41) is 20.7. The third kappa shape index (κ3) is 1.48. The molecule has 3 aliphatic heterocycles. The normalized spacial score (nSPS) is 19.1. The van der Waals surface area contributed by atoms with Gasteiger partial charge in [0.1, 0.15) is 22.6 Å². The molecular weight excluding hydrogens is 311 g/mol. The second-order valence-corrected chi connectivity index (χ2v) is 7.45. The van der Waals surface area contributed by atoms with Crippen molar-refractivity contribution in [1.82, 2.24) is 0 Å². The molecule has 0 amide bonds. The summed E-state index contributed by atoms with van der Waals surface area (Å²) >= 11 is 0. The summed E-state index contributed by atoms with van der Waals surface area (Å²) in [5.74, 6) is -2.85. The van der Waals surface area contributed by atoms with Crippen molar-refractivity contribution in [3.8, 4) is 11.5 Å². The molecule has 2 N–H and O–H groups in total. The van der Waals surface area contributed by atoms with Crippen LogP contribution >= 0.6 is 7.14 Å². The third-order valence-corrected chi connectivity index (χ3v) is 6.38. The van der Waals surface area contributed by atoms with Crippen molar-refractivity contribution in [3.63, 3.8) is 0 Å². The number of carbonyl (C=O) groups excluding carboxylic acids is 2. The van der Waals surface area contributed by atoms with Crippen LogP contribution in [0.3, 0.4) is 0 Å². The van der Waals surface area contributed by atoms with Crippen LogP contribution in [0.25, 0.3) is 0 Å². The van der Waals surface area contributed by atoms with Gasteiger partial charge in [-0.2, -0.15) is 0 Å². The fourth-order valence-electron chi connectivity index (χ4n) is 2.39. The van der Waals surface area contributed by atoms with Gasteiger partial charge in [-0.15, -0.1) is 0 Å². The first-order valence-corrected chi connectivity index (χ1v) is 7.90. The van der Waals surface area contributed by atoms with Crippen molar-refractivity contribution in [2.45, 2.75) is 0 Å². The topological polar surface area (TPSA) is 110 Å². The average Bonchev–Trinajstić information content (AvgIpc) is 3.32. The highest BCUT2D eigenvalue weighted by Gasteiger charge is 2.69. The summed E-state index contributed by atoms with van der Waals surface area (Å²) in [7, 11) is -2.52. The van der Waals surface area contributed by atoms with Crippen molar-refractivity contribution in [2.24, 2.45) is 0 Å². The predicted octanol–water partition coefficient (Wildman–Crippen LogP) is 0.293. The molecule has 22 heavy (non-hydrogen) atoms. The minimum absolute atomic E-state index is 0.169. The van der Waals surface area contributed by atoms with Gasteiger partial charge in [-0.05, 0) is 18.2 Å². The fraction of sp³-hybridized carbons (Fsp3) is 0. The highest BCUT2D eigenvalue weighted by Crippen LogP contribution is 2.69. The zero-order valence-electron chi connectivity index (χ0n) is 10.8. The molecule has 2 aromatic carbocycles. The maximum atomic E-state index is 11.8. The zero-order valence-corrected chi connectivity index (χ0v) is 11.7. The second-order valence-electron chi connectivity index (χ2n) is 4.86. The Morgan fingerprint density at radius 3 is 2.14 bits per heavy atom. The Morgan fingerprint density at radius 2 is 1.55 bits per heavy atom. The summed E-state index contributed by atoms with van der Waals surface area (Å²) in [6.45, 7) is 0. The molecule has 0 aromatic heterocycles. The Morgan fingerprint density at radius 1 is 0.955 bits per heavy atom. The van der Waals surface area contributed by atoms with Gasteiger partial charge in [0.15, 0.2) is 7.14 Å². The number of fused-ring (bicyclic) bond motifs is 2. The van der Waals surface area contributed by atoms with Crippen molar-refractivity contribution in [2.75, 3.05) is 0 Å². The van der Waals surface area contributed by atoms with Crippen LogP contribution in [0.5, 0.6) is 11.5 Å². The van der Waals surface area contributed by atoms with Gasteiger partial charge >= 0.3 is 11.9 Å². The SMILES string of the molecule is O=C(OOC(=O)c1cc2c3c(c1O)P23=O)c1ccccc1O. The molecule has 0 saturated carbocycles. The summed E-state index contributed by atoms with van der Waals surface area (Å²) in [6, 6.07) is 6.86. The summed E-state index contributed by atoms with van der Waals surface area (Å²) in [6.07, 6.45) is 0. The molecule has 110 valence electrons. The lowest BCUT2D eigenvalue weighted by Gasteiger charge is -2.07. The van der Waals surface area contributed by atoms with E-state index >= 15 is 0 Å². The fourth-order valence-corrected chi connectivity index (χ4v) is 5.09. The van der Waals surface area contributed by atoms with E-state index in [1.807, 2.05) is 0 Å². The minimum Gasteiger partial charge on any atom is -0.507 e. The van der Waals surface area contributed by atoms with E-state index in [1.54, 1.807) is 0 Å². The van der Waals surface area contributed by atoms with Crippen LogP contribution in [0, 0.1) is 0 Å². The highest BCUT2D eigenvalue weighted by molar-refractivity contribution is 8.06. The summed E-state index contributed by atoms with van der Waals surface area (Å²) in [5.41, 5.74) is -0.375. The van der Waals surface area contributed by atoms with Crippen LogP contribution in [-0.2, 0) is 14.3 Å². The molecule has 8 heteroatoms. The summed E-state index contributed by atoms with van der Waals surface area (Å²) in [4.78, 5) is 32.1. The smallest absolute Gasteiger partial charge is 0.390 e. The molecule has 0 fully saturated rings. The lowest BCUT2D eigenvalue weighted by Crippen LogP contribution is -2.18. The van der Waals surface area contributed by atoms with E-state index in [1.165, 1.54) is 30.3 Å². The Hall–Kier alpha value is -2.79. The Labute approximate surface area is 123 Å². The van der Waals surface area contributed by atoms with Crippen LogP contribution in [0.1, 0.15) is 20.7 Å². The van der Waals surface area contributed by atoms with Crippen LogP contribution in [0.15, 0.2) is 30.3 Å². The molecule has 0 spiro atoms. The third-order valence-electron chi connectivity index (χ3n) is 3.63. The molecule has 2 aromatic rings. The Balaban J connectivity index is 1.48. The molecule has 0 aliphatic carbocycles. The number of rotatable bonds is 2. The van der Waals surface area contributed by atoms with Gasteiger partial charge in [0.25, 0.3) is 0 Å². The quantitative estimate of drug-likeness (QED) is 0.310. The monoisotopic (exact) mass is 318 g/mol. The number of hydrogen-bond donors (Lipinski definition) is 2. The number of carbonyl (C=O) groups is 2. The first-order valence-electron chi connectivity index (χ1n) is 6.19. The van der Waals surface area contributed by atoms with E-state index in [0.717, 1.165) is 0 Å². The van der Waals surface area contributed by atoms with E-state index in [4.69, 9.17) is 0 Å². The molecule has 2 bridgehead atoms. The van der Waals surface area contributed by atoms with Gasteiger partial charge in [-0.1, -0.05) is 12.1 Å². The number of phenols is 2. The molecule has 3 aliphatic rings. The van der Waals surface area contributed by atoms with E-state index < -0.39 is 24.8 Å². The maximum Gasteiger partial charge on any atom is 0.390 e. The first-order chi connectivity index (χ1) is 10.5. The van der Waals surface area contributed by atoms with Crippen molar-refractivity contribution < 1.29 is 34.1 Å². The molecule has 5 rings (SSSR count). The number of hydrogen-bond acceptors (Lipinski definition) is 7. The van der Waals surface area contributed by atoms with Crippen LogP contribution in [0.2, 0.25) is 0 Å². The number of benzene rings is 2. The van der Waals surface area contributed by atoms with Gasteiger partial charge < -0.3 is 14.8 Å². The van der Waals surface area contributed by atoms with Crippen molar-refractivity contribution >= 4 is 35.0 Å². The zero-order chi connectivity index (χ0) is 15.6. The van der Waals surface area contributed by atoms with Gasteiger partial charge in [-0.3, -0.25) is 0 Å². The predicted molar refractivity (Wildman–Crippen MR) is 73.6 cm³/mol. The van der Waals surface area contributed by atoms with Crippen molar-refractivity contribution in [1.29, 1.82) is 0 Å². The second kappa shape index (κ2) is 3.90. The van der Waals surface area contributed by atoms with Crippen molar-refractivity contribution in [3.05, 3.63) is 41.5 Å². The molecule has 7 nitrogen and oxygen atoms in total. The molecule has 3 heterocycles. The molecule has 0 saturated heterocycles. The number of phenolic OH excluding ortho intramolecular Hbond substituents is 2. The molecule has 1 unspecified atom stereocenters. The first kappa shape index (κ1) is 12.9. The lowest BCUT2D eigenvalue weighted by molar-refractivity contribution is -0.187. The average molecular weight is 318 g/mol. The van der Waals surface area contributed by atoms with Gasteiger partial charge in [0, 0.05) is 10.6 Å². The lowest BCUT2D eigenvalue weighted by atomic mass is 10.2. The van der Waals surface area contributed by atoms with E-state index in [9.17, 15) is 24.4 Å². The summed E-state index contributed by atoms with van der Waals surface area (Å²) < 4.78 is 11.8. The number of aromatic hydroxyl groups is 2. The van der Waals surface area contributed by atoms with Gasteiger partial charge in [0.2, 0.25) is 0 Å². The molecule has 1 atom stereocenters. The van der Waals surface area contributed by atoms with Gasteiger partial charge in [-0.25, -0.2) is 19.4 Å². The van der Waals surface area contributed by atoms with Crippen LogP contribution < -0.4 is 15.9 Å². The Bertz CT molecular complexity index is 931. The van der Waals surface area contributed by atoms with Gasteiger partial charge in [0.05, 0.1) is 5.30 Å². The minimum atomic E-state index is -2.52. The maximum absolute atomic E-state index is 11.8. The molecular formula is C14H7O7P. The van der Waals surface area contributed by atoms with E-state index in [0.29, 0.717) is 15.9 Å². The van der Waals surface area contributed by atoms with Crippen LogP contribution in [-0.4, -0.2) is 22.2 Å². The van der Waals surface area contributed by atoms with E-state index in [2.05, 4.69) is 9.78 Å². The number of para-hydroxylation sites is 1. The van der Waals surface area contributed by atoms with E-state index in [-0.39, 0.29) is 16.9 Å². The van der Waals surface area contributed by atoms with Crippen LogP contribution in [0.4, 0.5) is 0 Å². The Kier molecular flexibility index (Phi) is 2.29.